The van der Waals surface area contributed by atoms with Crippen LogP contribution >= 0.6 is 34.8 Å². The van der Waals surface area contributed by atoms with E-state index in [-0.39, 0.29) is 5.91 Å². The molecule has 0 saturated carbocycles. The largest absolute Gasteiger partial charge is 0.333 e. The topological polar surface area (TPSA) is 25.2 Å². The van der Waals surface area contributed by atoms with E-state index in [1.807, 2.05) is 71.6 Å². The van der Waals surface area contributed by atoms with E-state index in [2.05, 4.69) is 4.57 Å². The summed E-state index contributed by atoms with van der Waals surface area (Å²) in [6, 6.07) is 21.2. The number of nitrogens with zero attached hydrogens (tertiary/aromatic N) is 2. The maximum atomic E-state index is 13.6. The van der Waals surface area contributed by atoms with Crippen molar-refractivity contribution in [1.82, 2.24) is 9.47 Å². The van der Waals surface area contributed by atoms with Crippen molar-refractivity contribution >= 4 is 51.6 Å². The Labute approximate surface area is 195 Å². The lowest BCUT2D eigenvalue weighted by Crippen LogP contribution is -2.38. The molecule has 0 saturated heterocycles. The van der Waals surface area contributed by atoms with Crippen LogP contribution in [0, 0.1) is 0 Å². The van der Waals surface area contributed by atoms with Crippen LogP contribution < -0.4 is 0 Å². The third-order valence-corrected chi connectivity index (χ3v) is 6.53. The second kappa shape index (κ2) is 8.23. The van der Waals surface area contributed by atoms with Gasteiger partial charge in [-0.3, -0.25) is 4.79 Å². The van der Waals surface area contributed by atoms with E-state index in [0.29, 0.717) is 34.7 Å². The molecule has 0 aliphatic carbocycles. The van der Waals surface area contributed by atoms with E-state index < -0.39 is 0 Å². The Morgan fingerprint density at radius 2 is 1.32 bits per heavy atom. The number of rotatable bonds is 4. The predicted molar refractivity (Wildman–Crippen MR) is 127 cm³/mol. The molecule has 3 aromatic carbocycles. The molecule has 1 aliphatic heterocycles. The summed E-state index contributed by atoms with van der Waals surface area (Å²) in [5, 5.41) is 3.11. The molecule has 1 aliphatic rings. The van der Waals surface area contributed by atoms with Gasteiger partial charge in [0.1, 0.15) is 5.69 Å². The Kier molecular flexibility index (Phi) is 5.43. The fourth-order valence-corrected chi connectivity index (χ4v) is 4.71. The van der Waals surface area contributed by atoms with E-state index in [4.69, 9.17) is 34.8 Å². The summed E-state index contributed by atoms with van der Waals surface area (Å²) >= 11 is 18.4. The highest BCUT2D eigenvalue weighted by molar-refractivity contribution is 6.31. The Morgan fingerprint density at radius 1 is 0.742 bits per heavy atom. The molecule has 2 heterocycles. The minimum atomic E-state index is 0.0393. The SMILES string of the molecule is O=C1c2c(c3cc(Cl)ccc3n2Cc2ccc(Cl)cc2)CCN1Cc1ccc(Cl)cc1. The van der Waals surface area contributed by atoms with Gasteiger partial charge in [-0.1, -0.05) is 59.1 Å². The van der Waals surface area contributed by atoms with E-state index in [9.17, 15) is 4.79 Å². The molecule has 4 aromatic rings. The molecule has 3 nitrogen and oxygen atoms in total. The molecule has 0 bridgehead atoms. The highest BCUT2D eigenvalue weighted by atomic mass is 35.5. The summed E-state index contributed by atoms with van der Waals surface area (Å²) < 4.78 is 2.11. The molecule has 1 aromatic heterocycles. The normalized spacial score (nSPS) is 13.6. The zero-order valence-corrected chi connectivity index (χ0v) is 18.9. The van der Waals surface area contributed by atoms with Crippen LogP contribution in [0.3, 0.4) is 0 Å². The summed E-state index contributed by atoms with van der Waals surface area (Å²) in [6.07, 6.45) is 0.791. The van der Waals surface area contributed by atoms with Gasteiger partial charge in [-0.2, -0.15) is 0 Å². The highest BCUT2D eigenvalue weighted by Gasteiger charge is 2.31. The van der Waals surface area contributed by atoms with Gasteiger partial charge in [0.2, 0.25) is 0 Å². The predicted octanol–water partition coefficient (Wildman–Crippen LogP) is 6.85. The monoisotopic (exact) mass is 468 g/mol. The minimum absolute atomic E-state index is 0.0393. The van der Waals surface area contributed by atoms with Gasteiger partial charge in [0.05, 0.1) is 0 Å². The van der Waals surface area contributed by atoms with Gasteiger partial charge < -0.3 is 9.47 Å². The second-order valence-corrected chi connectivity index (χ2v) is 9.11. The summed E-state index contributed by atoms with van der Waals surface area (Å²) in [5.41, 5.74) is 4.98. The second-order valence-electron chi connectivity index (χ2n) is 7.80. The van der Waals surface area contributed by atoms with E-state index in [0.717, 1.165) is 39.7 Å². The summed E-state index contributed by atoms with van der Waals surface area (Å²) in [6.45, 7) is 1.81. The number of halogens is 3. The number of carbonyl (C=O) groups is 1. The van der Waals surface area contributed by atoms with Crippen LogP contribution in [0.15, 0.2) is 66.7 Å². The molecular formula is C25H19Cl3N2O. The van der Waals surface area contributed by atoms with Crippen LogP contribution in [0.5, 0.6) is 0 Å². The number of fused-ring (bicyclic) bond motifs is 3. The van der Waals surface area contributed by atoms with E-state index in [1.165, 1.54) is 0 Å². The van der Waals surface area contributed by atoms with Crippen LogP contribution in [0.4, 0.5) is 0 Å². The Balaban J connectivity index is 1.57. The van der Waals surface area contributed by atoms with Gasteiger partial charge in [-0.15, -0.1) is 0 Å². The molecule has 0 unspecified atom stereocenters. The van der Waals surface area contributed by atoms with Crippen molar-refractivity contribution in [2.24, 2.45) is 0 Å². The molecule has 0 N–H and O–H groups in total. The number of hydrogen-bond acceptors (Lipinski definition) is 1. The quantitative estimate of drug-likeness (QED) is 0.321. The number of benzene rings is 3. The molecule has 156 valence electrons. The molecule has 0 radical (unpaired) electrons. The lowest BCUT2D eigenvalue weighted by atomic mass is 10.0. The third-order valence-electron chi connectivity index (χ3n) is 5.79. The Bertz CT molecular complexity index is 1280. The average molecular weight is 470 g/mol. The first kappa shape index (κ1) is 20.4. The summed E-state index contributed by atoms with van der Waals surface area (Å²) in [4.78, 5) is 15.5. The standard InChI is InChI=1S/C25H19Cl3N2O/c26-18-5-1-16(2-6-18)14-29-12-11-21-22-13-20(28)9-10-23(22)30(24(21)25(29)31)15-17-3-7-19(27)8-4-17/h1-10,13H,11-12,14-15H2. The molecule has 6 heteroatoms. The lowest BCUT2D eigenvalue weighted by molar-refractivity contribution is 0.0716. The van der Waals surface area contributed by atoms with Crippen LogP contribution in [0.2, 0.25) is 15.1 Å². The maximum Gasteiger partial charge on any atom is 0.271 e. The van der Waals surface area contributed by atoms with Gasteiger partial charge in [0.15, 0.2) is 0 Å². The van der Waals surface area contributed by atoms with Crippen molar-refractivity contribution in [3.63, 3.8) is 0 Å². The Morgan fingerprint density at radius 3 is 1.97 bits per heavy atom. The van der Waals surface area contributed by atoms with Crippen molar-refractivity contribution in [2.45, 2.75) is 19.5 Å². The minimum Gasteiger partial charge on any atom is -0.333 e. The number of aromatic nitrogens is 1. The van der Waals surface area contributed by atoms with E-state index in [1.54, 1.807) is 0 Å². The molecule has 0 spiro atoms. The lowest BCUT2D eigenvalue weighted by Gasteiger charge is -2.28. The van der Waals surface area contributed by atoms with Crippen LogP contribution in [0.25, 0.3) is 10.9 Å². The first-order valence-electron chi connectivity index (χ1n) is 10.1. The zero-order valence-electron chi connectivity index (χ0n) is 16.6. The van der Waals surface area contributed by atoms with Gasteiger partial charge in [0, 0.05) is 45.6 Å². The third kappa shape index (κ3) is 3.94. The van der Waals surface area contributed by atoms with Gasteiger partial charge in [-0.05, 0) is 65.6 Å². The first-order valence-corrected chi connectivity index (χ1v) is 11.2. The molecule has 0 fully saturated rings. The van der Waals surface area contributed by atoms with Gasteiger partial charge in [-0.25, -0.2) is 0 Å². The molecule has 1 amide bonds. The van der Waals surface area contributed by atoms with Crippen molar-refractivity contribution in [3.8, 4) is 0 Å². The summed E-state index contributed by atoms with van der Waals surface area (Å²) in [5.74, 6) is 0.0393. The average Bonchev–Trinajstić information content (AvgIpc) is 3.06. The van der Waals surface area contributed by atoms with Crippen molar-refractivity contribution in [1.29, 1.82) is 0 Å². The first-order chi connectivity index (χ1) is 15.0. The van der Waals surface area contributed by atoms with Crippen LogP contribution in [-0.2, 0) is 19.5 Å². The highest BCUT2D eigenvalue weighted by Crippen LogP contribution is 2.34. The van der Waals surface area contributed by atoms with Crippen molar-refractivity contribution < 1.29 is 4.79 Å². The molecule has 0 atom stereocenters. The number of carbonyl (C=O) groups excluding carboxylic acids is 1. The van der Waals surface area contributed by atoms with Gasteiger partial charge >= 0.3 is 0 Å². The van der Waals surface area contributed by atoms with E-state index >= 15 is 0 Å². The molecule has 31 heavy (non-hydrogen) atoms. The number of hydrogen-bond donors (Lipinski definition) is 0. The molecule has 5 rings (SSSR count). The van der Waals surface area contributed by atoms with Crippen LogP contribution in [-0.4, -0.2) is 21.9 Å². The van der Waals surface area contributed by atoms with Crippen molar-refractivity contribution in [2.75, 3.05) is 6.54 Å². The zero-order chi connectivity index (χ0) is 21.5. The summed E-state index contributed by atoms with van der Waals surface area (Å²) in [7, 11) is 0. The number of amides is 1. The Hall–Kier alpha value is -2.46. The van der Waals surface area contributed by atoms with Crippen molar-refractivity contribution in [3.05, 3.63) is 104 Å². The van der Waals surface area contributed by atoms with Gasteiger partial charge in [0.25, 0.3) is 5.91 Å². The fraction of sp³-hybridized carbons (Fsp3) is 0.160. The van der Waals surface area contributed by atoms with Crippen LogP contribution in [0.1, 0.15) is 27.2 Å². The molecular weight excluding hydrogens is 451 g/mol. The maximum absolute atomic E-state index is 13.6. The smallest absolute Gasteiger partial charge is 0.271 e. The fourth-order valence-electron chi connectivity index (χ4n) is 4.29.